The van der Waals surface area contributed by atoms with Gasteiger partial charge in [-0.15, -0.1) is 0 Å². The third-order valence-electron chi connectivity index (χ3n) is 6.19. The van der Waals surface area contributed by atoms with Crippen molar-refractivity contribution in [2.45, 2.75) is 37.6 Å². The Kier molecular flexibility index (Phi) is 3.70. The summed E-state index contributed by atoms with van der Waals surface area (Å²) in [6.07, 6.45) is 4.02. The molecule has 1 aliphatic carbocycles. The lowest BCUT2D eigenvalue weighted by atomic mass is 9.79. The fourth-order valence-corrected chi connectivity index (χ4v) is 4.95. The Labute approximate surface area is 151 Å². The van der Waals surface area contributed by atoms with Gasteiger partial charge in [0.2, 0.25) is 0 Å². The number of rotatable bonds is 3. The van der Waals surface area contributed by atoms with Crippen molar-refractivity contribution in [1.82, 2.24) is 25.4 Å². The van der Waals surface area contributed by atoms with Gasteiger partial charge < -0.3 is 15.2 Å². The molecule has 3 aliphatic rings. The highest BCUT2D eigenvalue weighted by molar-refractivity contribution is 5.94. The number of fused-ring (bicyclic) bond motifs is 5. The molecule has 7 nitrogen and oxygen atoms in total. The van der Waals surface area contributed by atoms with Crippen LogP contribution in [0.1, 0.15) is 52.2 Å². The summed E-state index contributed by atoms with van der Waals surface area (Å²) >= 11 is 0. The standard InChI is InChI=1S/C19H23N5O2/c25-17-6-2-5-15-11-7-12(9-20-8-11)16(24(15)17)10-21-19(26)18-13-3-1-4-14(13)22-23-18/h2,5-6,11-12,16,20H,1,3-4,7-10H2,(H,21,26)(H,22,23)/t11-,12+,16+/m1/s1. The van der Waals surface area contributed by atoms with Crippen LogP contribution in [0.25, 0.3) is 0 Å². The second-order valence-corrected chi connectivity index (χ2v) is 7.67. The Morgan fingerprint density at radius 2 is 2.23 bits per heavy atom. The van der Waals surface area contributed by atoms with Crippen molar-refractivity contribution in [2.24, 2.45) is 5.92 Å². The second-order valence-electron chi connectivity index (χ2n) is 7.67. The third kappa shape index (κ3) is 2.41. The maximum atomic E-state index is 12.7. The minimum atomic E-state index is -0.138. The van der Waals surface area contributed by atoms with Crippen molar-refractivity contribution in [3.8, 4) is 0 Å². The summed E-state index contributed by atoms with van der Waals surface area (Å²) in [6, 6.07) is 5.49. The van der Waals surface area contributed by atoms with Crippen LogP contribution in [-0.2, 0) is 12.8 Å². The van der Waals surface area contributed by atoms with Gasteiger partial charge in [0.15, 0.2) is 5.69 Å². The van der Waals surface area contributed by atoms with E-state index in [1.54, 1.807) is 6.07 Å². The van der Waals surface area contributed by atoms with Gasteiger partial charge in [-0.05, 0) is 37.7 Å². The summed E-state index contributed by atoms with van der Waals surface area (Å²) in [5.74, 6) is 0.594. The Morgan fingerprint density at radius 3 is 3.15 bits per heavy atom. The van der Waals surface area contributed by atoms with Crippen LogP contribution in [0.5, 0.6) is 0 Å². The van der Waals surface area contributed by atoms with Crippen molar-refractivity contribution in [3.63, 3.8) is 0 Å². The van der Waals surface area contributed by atoms with Crippen LogP contribution in [0.2, 0.25) is 0 Å². The molecule has 2 aromatic rings. The third-order valence-corrected chi connectivity index (χ3v) is 6.19. The van der Waals surface area contributed by atoms with Crippen molar-refractivity contribution >= 4 is 5.91 Å². The maximum Gasteiger partial charge on any atom is 0.272 e. The fraction of sp³-hybridized carbons (Fsp3) is 0.526. The molecule has 1 amide bonds. The zero-order chi connectivity index (χ0) is 17.7. The minimum absolute atomic E-state index is 0.0151. The van der Waals surface area contributed by atoms with Crippen molar-refractivity contribution < 1.29 is 4.79 Å². The number of nitrogens with one attached hydrogen (secondary N) is 3. The van der Waals surface area contributed by atoms with E-state index in [0.29, 0.717) is 24.1 Å². The molecule has 3 N–H and O–H groups in total. The highest BCUT2D eigenvalue weighted by atomic mass is 16.2. The predicted octanol–water partition coefficient (Wildman–Crippen LogP) is 0.738. The number of piperidine rings is 1. The average molecular weight is 353 g/mol. The van der Waals surface area contributed by atoms with Gasteiger partial charge >= 0.3 is 0 Å². The Balaban J connectivity index is 1.40. The molecule has 0 saturated carbocycles. The van der Waals surface area contributed by atoms with Gasteiger partial charge in [0, 0.05) is 48.6 Å². The molecule has 1 fully saturated rings. The number of amides is 1. The van der Waals surface area contributed by atoms with Crippen LogP contribution in [0.15, 0.2) is 23.0 Å². The van der Waals surface area contributed by atoms with E-state index in [9.17, 15) is 9.59 Å². The minimum Gasteiger partial charge on any atom is -0.349 e. The van der Waals surface area contributed by atoms with Gasteiger partial charge in [-0.25, -0.2) is 0 Å². The summed E-state index contributed by atoms with van der Waals surface area (Å²) in [6.45, 7) is 2.25. The first kappa shape index (κ1) is 15.8. The molecule has 0 aromatic carbocycles. The lowest BCUT2D eigenvalue weighted by molar-refractivity contribution is 0.0926. The van der Waals surface area contributed by atoms with Gasteiger partial charge in [0.1, 0.15) is 0 Å². The van der Waals surface area contributed by atoms with Crippen LogP contribution >= 0.6 is 0 Å². The molecular weight excluding hydrogens is 330 g/mol. The number of aromatic nitrogens is 3. The first-order chi connectivity index (χ1) is 12.7. The number of hydrogen-bond acceptors (Lipinski definition) is 4. The summed E-state index contributed by atoms with van der Waals surface area (Å²) in [5.41, 5.74) is 3.78. The molecule has 136 valence electrons. The SMILES string of the molecule is O=C(NC[C@H]1[C@@H]2CNC[C@@H](C2)c2cccc(=O)n21)c1n[nH]c2c1CCC2. The quantitative estimate of drug-likeness (QED) is 0.759. The molecule has 2 aliphatic heterocycles. The number of carbonyl (C=O) groups is 1. The molecule has 5 rings (SSSR count). The first-order valence-corrected chi connectivity index (χ1v) is 9.49. The number of aryl methyl sites for hydroxylation is 1. The number of carbonyl (C=O) groups excluding carboxylic acids is 1. The van der Waals surface area contributed by atoms with Crippen LogP contribution < -0.4 is 16.2 Å². The van der Waals surface area contributed by atoms with Crippen LogP contribution in [-0.4, -0.2) is 40.3 Å². The lowest BCUT2D eigenvalue weighted by Gasteiger charge is -2.43. The van der Waals surface area contributed by atoms with Gasteiger partial charge in [-0.2, -0.15) is 5.10 Å². The average Bonchev–Trinajstić information content (AvgIpc) is 3.26. The zero-order valence-electron chi connectivity index (χ0n) is 14.6. The lowest BCUT2D eigenvalue weighted by Crippen LogP contribution is -2.50. The number of nitrogens with zero attached hydrogens (tertiary/aromatic N) is 2. The van der Waals surface area contributed by atoms with E-state index in [1.165, 1.54) is 0 Å². The summed E-state index contributed by atoms with van der Waals surface area (Å²) in [4.78, 5) is 25.2. The normalized spacial score (nSPS) is 26.2. The molecule has 2 aromatic heterocycles. The van der Waals surface area contributed by atoms with E-state index in [4.69, 9.17) is 0 Å². The van der Waals surface area contributed by atoms with Gasteiger partial charge in [0.05, 0.1) is 6.04 Å². The largest absolute Gasteiger partial charge is 0.349 e. The molecule has 2 bridgehead atoms. The van der Waals surface area contributed by atoms with Crippen molar-refractivity contribution in [2.75, 3.05) is 19.6 Å². The summed E-state index contributed by atoms with van der Waals surface area (Å²) in [7, 11) is 0. The van der Waals surface area contributed by atoms with Gasteiger partial charge in [-0.3, -0.25) is 14.7 Å². The zero-order valence-corrected chi connectivity index (χ0v) is 14.6. The highest BCUT2D eigenvalue weighted by Crippen LogP contribution is 2.38. The van der Waals surface area contributed by atoms with Crippen LogP contribution in [0, 0.1) is 5.92 Å². The smallest absolute Gasteiger partial charge is 0.272 e. The van der Waals surface area contributed by atoms with Gasteiger partial charge in [-0.1, -0.05) is 6.07 Å². The molecule has 0 spiro atoms. The number of H-pyrrole nitrogens is 1. The maximum absolute atomic E-state index is 12.7. The Hall–Kier alpha value is -2.41. The van der Waals surface area contributed by atoms with Crippen molar-refractivity contribution in [3.05, 3.63) is 51.2 Å². The van der Waals surface area contributed by atoms with E-state index in [2.05, 4.69) is 20.8 Å². The highest BCUT2D eigenvalue weighted by Gasteiger charge is 2.38. The number of hydrogen-bond donors (Lipinski definition) is 3. The fourth-order valence-electron chi connectivity index (χ4n) is 4.95. The molecule has 0 unspecified atom stereocenters. The summed E-state index contributed by atoms with van der Waals surface area (Å²) < 4.78 is 1.91. The summed E-state index contributed by atoms with van der Waals surface area (Å²) in [5, 5.41) is 13.7. The molecule has 7 heteroatoms. The van der Waals surface area contributed by atoms with E-state index in [0.717, 1.165) is 55.7 Å². The van der Waals surface area contributed by atoms with Crippen LogP contribution in [0.4, 0.5) is 0 Å². The number of pyridine rings is 1. The van der Waals surface area contributed by atoms with Crippen molar-refractivity contribution in [1.29, 1.82) is 0 Å². The van der Waals surface area contributed by atoms with E-state index in [1.807, 2.05) is 16.7 Å². The number of aromatic amines is 1. The molecule has 3 atom stereocenters. The van der Waals surface area contributed by atoms with Gasteiger partial charge in [0.25, 0.3) is 11.5 Å². The Bertz CT molecular complexity index is 915. The molecule has 26 heavy (non-hydrogen) atoms. The predicted molar refractivity (Wildman–Crippen MR) is 96.4 cm³/mol. The molecule has 4 heterocycles. The van der Waals surface area contributed by atoms with E-state index >= 15 is 0 Å². The van der Waals surface area contributed by atoms with E-state index < -0.39 is 0 Å². The van der Waals surface area contributed by atoms with E-state index in [-0.39, 0.29) is 17.5 Å². The second kappa shape index (κ2) is 6.09. The molecular formula is C19H23N5O2. The Morgan fingerprint density at radius 1 is 1.31 bits per heavy atom. The molecule has 0 radical (unpaired) electrons. The topological polar surface area (TPSA) is 91.8 Å². The first-order valence-electron chi connectivity index (χ1n) is 9.49. The molecule has 1 saturated heterocycles. The monoisotopic (exact) mass is 353 g/mol. The van der Waals surface area contributed by atoms with Crippen LogP contribution in [0.3, 0.4) is 0 Å².